The summed E-state index contributed by atoms with van der Waals surface area (Å²) in [6.07, 6.45) is 4.24. The van der Waals surface area contributed by atoms with Crippen molar-refractivity contribution in [1.82, 2.24) is 9.88 Å². The maximum absolute atomic E-state index is 10.8. The van der Waals surface area contributed by atoms with E-state index in [1.165, 1.54) is 5.56 Å². The van der Waals surface area contributed by atoms with E-state index in [1.807, 2.05) is 49.4 Å². The molecule has 4 heteroatoms. The van der Waals surface area contributed by atoms with Gasteiger partial charge in [-0.15, -0.1) is 0 Å². The van der Waals surface area contributed by atoms with Crippen LogP contribution in [0.15, 0.2) is 54.9 Å². The predicted molar refractivity (Wildman–Crippen MR) is 85.6 cm³/mol. The Morgan fingerprint density at radius 2 is 1.95 bits per heavy atom. The summed E-state index contributed by atoms with van der Waals surface area (Å²) in [6, 6.07) is 13.7. The zero-order chi connectivity index (χ0) is 15.4. The van der Waals surface area contributed by atoms with Crippen molar-refractivity contribution in [3.05, 3.63) is 60.4 Å². The van der Waals surface area contributed by atoms with E-state index in [9.17, 15) is 5.11 Å². The van der Waals surface area contributed by atoms with Crippen LogP contribution >= 0.6 is 0 Å². The first-order valence-corrected chi connectivity index (χ1v) is 7.69. The number of likely N-dealkylation sites (tertiary alicyclic amines) is 1. The summed E-state index contributed by atoms with van der Waals surface area (Å²) in [7, 11) is 0. The Morgan fingerprint density at radius 1 is 1.23 bits per heavy atom. The van der Waals surface area contributed by atoms with Crippen molar-refractivity contribution < 1.29 is 9.84 Å². The van der Waals surface area contributed by atoms with Gasteiger partial charge in [-0.1, -0.05) is 18.2 Å². The molecule has 0 bridgehead atoms. The maximum Gasteiger partial charge on any atom is 0.129 e. The molecule has 22 heavy (non-hydrogen) atoms. The minimum Gasteiger partial charge on any atom is -0.487 e. The molecule has 1 aromatic carbocycles. The lowest BCUT2D eigenvalue weighted by Gasteiger charge is -2.42. The molecule has 0 amide bonds. The number of hydrogen-bond donors (Lipinski definition) is 1. The van der Waals surface area contributed by atoms with Crippen molar-refractivity contribution in [1.29, 1.82) is 0 Å². The molecule has 0 spiro atoms. The Bertz CT molecular complexity index is 587. The first kappa shape index (κ1) is 15.0. The van der Waals surface area contributed by atoms with E-state index >= 15 is 0 Å². The maximum atomic E-state index is 10.8. The van der Waals surface area contributed by atoms with Crippen molar-refractivity contribution in [2.45, 2.75) is 31.6 Å². The van der Waals surface area contributed by atoms with Crippen LogP contribution in [0.25, 0.3) is 0 Å². The minimum absolute atomic E-state index is 0.177. The summed E-state index contributed by atoms with van der Waals surface area (Å²) in [6.45, 7) is 4.21. The summed E-state index contributed by atoms with van der Waals surface area (Å²) >= 11 is 0. The molecule has 1 N–H and O–H groups in total. The second-order valence-corrected chi connectivity index (χ2v) is 6.13. The summed E-state index contributed by atoms with van der Waals surface area (Å²) in [5.41, 5.74) is 0.356. The summed E-state index contributed by atoms with van der Waals surface area (Å²) in [4.78, 5) is 6.30. The van der Waals surface area contributed by atoms with Crippen LogP contribution in [-0.2, 0) is 6.54 Å². The lowest BCUT2D eigenvalue weighted by Crippen LogP contribution is -2.56. The number of β-amino-alcohol motifs (C(OH)–C–C–N with tert-alkyl or cyclic N) is 1. The first-order chi connectivity index (χ1) is 10.6. The zero-order valence-corrected chi connectivity index (χ0v) is 12.9. The molecule has 0 aliphatic carbocycles. The van der Waals surface area contributed by atoms with Gasteiger partial charge in [0.2, 0.25) is 0 Å². The second-order valence-electron chi connectivity index (χ2n) is 6.13. The molecule has 0 radical (unpaired) electrons. The summed E-state index contributed by atoms with van der Waals surface area (Å²) in [5, 5.41) is 10.8. The molecule has 1 aliphatic heterocycles. The third kappa shape index (κ3) is 3.64. The van der Waals surface area contributed by atoms with Crippen LogP contribution in [0.3, 0.4) is 0 Å². The average Bonchev–Trinajstić information content (AvgIpc) is 2.52. The van der Waals surface area contributed by atoms with Crippen LogP contribution in [0.4, 0.5) is 0 Å². The van der Waals surface area contributed by atoms with Gasteiger partial charge < -0.3 is 9.84 Å². The lowest BCUT2D eigenvalue weighted by atomic mass is 9.91. The van der Waals surface area contributed by atoms with Crippen LogP contribution in [-0.4, -0.2) is 39.8 Å². The highest BCUT2D eigenvalue weighted by molar-refractivity contribution is 5.22. The molecule has 1 aromatic heterocycles. The molecule has 1 fully saturated rings. The highest BCUT2D eigenvalue weighted by Crippen LogP contribution is 2.27. The minimum atomic E-state index is -0.860. The van der Waals surface area contributed by atoms with Crippen molar-refractivity contribution >= 4 is 0 Å². The third-order valence-electron chi connectivity index (χ3n) is 4.12. The number of aromatic nitrogens is 1. The van der Waals surface area contributed by atoms with E-state index in [2.05, 4.69) is 9.88 Å². The Morgan fingerprint density at radius 3 is 2.64 bits per heavy atom. The zero-order valence-electron chi connectivity index (χ0n) is 12.9. The van der Waals surface area contributed by atoms with Gasteiger partial charge in [0.05, 0.1) is 0 Å². The van der Waals surface area contributed by atoms with Crippen LogP contribution < -0.4 is 4.74 Å². The Hall–Kier alpha value is -1.91. The molecule has 0 saturated carbocycles. The smallest absolute Gasteiger partial charge is 0.129 e. The molecule has 116 valence electrons. The Labute approximate surface area is 131 Å². The van der Waals surface area contributed by atoms with Crippen molar-refractivity contribution in [2.24, 2.45) is 0 Å². The van der Waals surface area contributed by atoms with Crippen molar-refractivity contribution in [3.63, 3.8) is 0 Å². The Balaban J connectivity index is 1.62. The summed E-state index contributed by atoms with van der Waals surface area (Å²) < 4.78 is 5.98. The van der Waals surface area contributed by atoms with Gasteiger partial charge in [0.25, 0.3) is 0 Å². The lowest BCUT2D eigenvalue weighted by molar-refractivity contribution is -0.0993. The molecule has 1 saturated heterocycles. The number of nitrogens with zero attached hydrogens (tertiary/aromatic N) is 2. The molecule has 4 nitrogen and oxygen atoms in total. The molecule has 2 heterocycles. The molecule has 2 aromatic rings. The largest absolute Gasteiger partial charge is 0.487 e. The fourth-order valence-corrected chi connectivity index (χ4v) is 2.97. The number of rotatable bonds is 4. The average molecular weight is 298 g/mol. The monoisotopic (exact) mass is 298 g/mol. The standard InChI is InChI=1S/C18H22N2O2/c1-18(21)14-20(13-15-7-10-19-11-8-15)12-9-17(18)22-16-5-3-2-4-6-16/h2-8,10-11,17,21H,9,12-14H2,1H3/t17-,18-/m0/s1. The first-order valence-electron chi connectivity index (χ1n) is 7.69. The molecule has 3 rings (SSSR count). The molecular formula is C18H22N2O2. The van der Waals surface area contributed by atoms with Gasteiger partial charge in [0, 0.05) is 32.0 Å². The number of benzene rings is 1. The normalized spacial score (nSPS) is 25.8. The fraction of sp³-hybridized carbons (Fsp3) is 0.389. The van der Waals surface area contributed by atoms with Gasteiger partial charge in [-0.3, -0.25) is 9.88 Å². The van der Waals surface area contributed by atoms with Gasteiger partial charge in [-0.2, -0.15) is 0 Å². The van der Waals surface area contributed by atoms with Gasteiger partial charge in [-0.05, 0) is 43.2 Å². The van der Waals surface area contributed by atoms with E-state index < -0.39 is 5.60 Å². The van der Waals surface area contributed by atoms with Crippen molar-refractivity contribution in [3.8, 4) is 5.75 Å². The summed E-state index contributed by atoms with van der Waals surface area (Å²) in [5.74, 6) is 0.815. The number of ether oxygens (including phenoxy) is 1. The third-order valence-corrected chi connectivity index (χ3v) is 4.12. The number of hydrogen-bond acceptors (Lipinski definition) is 4. The van der Waals surface area contributed by atoms with Crippen LogP contribution in [0.2, 0.25) is 0 Å². The van der Waals surface area contributed by atoms with Crippen LogP contribution in [0.5, 0.6) is 5.75 Å². The number of aliphatic hydroxyl groups is 1. The highest BCUT2D eigenvalue weighted by atomic mass is 16.5. The highest BCUT2D eigenvalue weighted by Gasteiger charge is 2.39. The molecule has 1 aliphatic rings. The van der Waals surface area contributed by atoms with E-state index in [-0.39, 0.29) is 6.10 Å². The van der Waals surface area contributed by atoms with Gasteiger partial charge in [0.1, 0.15) is 17.5 Å². The molecule has 0 unspecified atom stereocenters. The van der Waals surface area contributed by atoms with Crippen LogP contribution in [0.1, 0.15) is 18.9 Å². The SMILES string of the molecule is C[C@]1(O)CN(Cc2ccncc2)CC[C@@H]1Oc1ccccc1. The Kier molecular flexibility index (Phi) is 4.41. The second kappa shape index (κ2) is 6.46. The fourth-order valence-electron chi connectivity index (χ4n) is 2.97. The number of piperidine rings is 1. The van der Waals surface area contributed by atoms with Gasteiger partial charge in [-0.25, -0.2) is 0 Å². The number of pyridine rings is 1. The van der Waals surface area contributed by atoms with Crippen LogP contribution in [0, 0.1) is 0 Å². The van der Waals surface area contributed by atoms with E-state index in [1.54, 1.807) is 12.4 Å². The van der Waals surface area contributed by atoms with E-state index in [4.69, 9.17) is 4.74 Å². The van der Waals surface area contributed by atoms with Gasteiger partial charge >= 0.3 is 0 Å². The molecular weight excluding hydrogens is 276 g/mol. The molecule has 2 atom stereocenters. The predicted octanol–water partition coefficient (Wildman–Crippen LogP) is 2.49. The van der Waals surface area contributed by atoms with E-state index in [0.717, 1.165) is 25.3 Å². The number of para-hydroxylation sites is 1. The van der Waals surface area contributed by atoms with E-state index in [0.29, 0.717) is 6.54 Å². The quantitative estimate of drug-likeness (QED) is 0.942. The topological polar surface area (TPSA) is 45.6 Å². The van der Waals surface area contributed by atoms with Crippen molar-refractivity contribution in [2.75, 3.05) is 13.1 Å². The van der Waals surface area contributed by atoms with Gasteiger partial charge in [0.15, 0.2) is 0 Å².